The van der Waals surface area contributed by atoms with Crippen molar-refractivity contribution in [3.63, 3.8) is 0 Å². The molecule has 2 bridgehead atoms. The Kier molecular flexibility index (Phi) is 2.23. The van der Waals surface area contributed by atoms with Gasteiger partial charge in [0.2, 0.25) is 11.6 Å². The van der Waals surface area contributed by atoms with E-state index in [2.05, 4.69) is 11.8 Å². The molecule has 20 heavy (non-hydrogen) atoms. The van der Waals surface area contributed by atoms with Crippen molar-refractivity contribution >= 4 is 11.6 Å². The first kappa shape index (κ1) is 12.3. The summed E-state index contributed by atoms with van der Waals surface area (Å²) in [5.74, 6) is -0.932. The number of ketones is 2. The molecule has 1 spiro atoms. The number of rotatable bonds is 0. The normalized spacial score (nSPS) is 46.1. The molecular formula is C16H19NO3. The molecule has 4 rings (SSSR count). The number of nitrogens with zero attached hydrogens (tertiary/aromatic N) is 1. The first-order valence-electron chi connectivity index (χ1n) is 7.47. The lowest BCUT2D eigenvalue weighted by molar-refractivity contribution is -0.194. The van der Waals surface area contributed by atoms with Gasteiger partial charge in [0.1, 0.15) is 5.60 Å². The van der Waals surface area contributed by atoms with Gasteiger partial charge in [-0.3, -0.25) is 9.59 Å². The number of allylic oxidation sites excluding steroid dienone is 2. The largest absolute Gasteiger partial charge is 0.386 e. The fraction of sp³-hybridized carbons (Fsp3) is 0.625. The fourth-order valence-corrected chi connectivity index (χ4v) is 5.07. The maximum atomic E-state index is 12.5. The average Bonchev–Trinajstić information content (AvgIpc) is 2.42. The second-order valence-electron chi connectivity index (χ2n) is 6.79. The van der Waals surface area contributed by atoms with E-state index in [1.54, 1.807) is 6.08 Å². The Morgan fingerprint density at radius 3 is 3.00 bits per heavy atom. The minimum atomic E-state index is -1.07. The van der Waals surface area contributed by atoms with Crippen molar-refractivity contribution in [2.75, 3.05) is 6.54 Å². The molecule has 1 saturated heterocycles. The van der Waals surface area contributed by atoms with Gasteiger partial charge in [0, 0.05) is 18.3 Å². The van der Waals surface area contributed by atoms with Gasteiger partial charge in [-0.2, -0.15) is 0 Å². The van der Waals surface area contributed by atoms with E-state index >= 15 is 0 Å². The van der Waals surface area contributed by atoms with Crippen LogP contribution in [0.3, 0.4) is 0 Å². The Morgan fingerprint density at radius 1 is 1.40 bits per heavy atom. The number of hydrogen-bond donors (Lipinski definition) is 1. The van der Waals surface area contributed by atoms with Crippen LogP contribution < -0.4 is 0 Å². The van der Waals surface area contributed by atoms with Crippen molar-refractivity contribution in [2.24, 2.45) is 11.8 Å². The number of piperidine rings is 1. The Bertz CT molecular complexity index is 578. The monoisotopic (exact) mass is 273 g/mol. The highest BCUT2D eigenvalue weighted by Gasteiger charge is 2.70. The lowest BCUT2D eigenvalue weighted by atomic mass is 9.48. The number of carbonyl (C=O) groups excluding carboxylic acids is 2. The van der Waals surface area contributed by atoms with Gasteiger partial charge in [0.15, 0.2) is 0 Å². The van der Waals surface area contributed by atoms with Crippen LogP contribution in [0.25, 0.3) is 0 Å². The molecule has 0 aromatic carbocycles. The maximum Gasteiger partial charge on any atom is 0.227 e. The summed E-state index contributed by atoms with van der Waals surface area (Å²) in [5.41, 5.74) is -1.21. The maximum absolute atomic E-state index is 12.5. The van der Waals surface area contributed by atoms with Gasteiger partial charge in [-0.15, -0.1) is 0 Å². The molecule has 2 heterocycles. The summed E-state index contributed by atoms with van der Waals surface area (Å²) in [5, 5.41) is 11.4. The van der Waals surface area contributed by atoms with E-state index in [9.17, 15) is 14.7 Å². The molecule has 4 nitrogen and oxygen atoms in total. The highest BCUT2D eigenvalue weighted by molar-refractivity contribution is 6.46. The second-order valence-corrected chi connectivity index (χ2v) is 6.79. The third-order valence-corrected chi connectivity index (χ3v) is 5.78. The van der Waals surface area contributed by atoms with Gasteiger partial charge in [-0.25, -0.2) is 0 Å². The van der Waals surface area contributed by atoms with E-state index in [0.29, 0.717) is 24.3 Å². The van der Waals surface area contributed by atoms with Gasteiger partial charge in [-0.1, -0.05) is 13.0 Å². The van der Waals surface area contributed by atoms with Gasteiger partial charge < -0.3 is 10.0 Å². The molecular weight excluding hydrogens is 254 g/mol. The van der Waals surface area contributed by atoms with Gasteiger partial charge in [0.25, 0.3) is 0 Å². The molecule has 1 N–H and O–H groups in total. The summed E-state index contributed by atoms with van der Waals surface area (Å²) in [6.07, 6.45) is 8.43. The number of Topliss-reactive ketones (excluding diaryl/α,β-unsaturated/α-hetero) is 2. The molecule has 3 fully saturated rings. The molecule has 2 aliphatic heterocycles. The summed E-state index contributed by atoms with van der Waals surface area (Å²) in [4.78, 5) is 27.0. The molecule has 0 amide bonds. The van der Waals surface area contributed by atoms with Crippen LogP contribution in [0.2, 0.25) is 0 Å². The Balaban J connectivity index is 2.01. The van der Waals surface area contributed by atoms with Crippen molar-refractivity contribution in [3.8, 4) is 0 Å². The summed E-state index contributed by atoms with van der Waals surface area (Å²) in [6.45, 7) is 2.96. The van der Waals surface area contributed by atoms with E-state index in [4.69, 9.17) is 0 Å². The van der Waals surface area contributed by atoms with Crippen LogP contribution >= 0.6 is 0 Å². The number of aliphatic hydroxyl groups is 1. The first-order chi connectivity index (χ1) is 9.50. The summed E-state index contributed by atoms with van der Waals surface area (Å²) >= 11 is 0. The third kappa shape index (κ3) is 1.13. The van der Waals surface area contributed by atoms with Gasteiger partial charge in [0.05, 0.1) is 11.5 Å². The Hall–Kier alpha value is -1.42. The van der Waals surface area contributed by atoms with Crippen molar-refractivity contribution in [2.45, 2.75) is 43.7 Å². The molecule has 4 aliphatic rings. The van der Waals surface area contributed by atoms with E-state index in [1.165, 1.54) is 0 Å². The lowest BCUT2D eigenvalue weighted by Gasteiger charge is -2.65. The van der Waals surface area contributed by atoms with Crippen molar-refractivity contribution < 1.29 is 14.7 Å². The second kappa shape index (κ2) is 3.61. The molecule has 2 aliphatic carbocycles. The van der Waals surface area contributed by atoms with Gasteiger partial charge >= 0.3 is 0 Å². The number of carbonyl (C=O) groups is 2. The van der Waals surface area contributed by atoms with Crippen LogP contribution in [0.1, 0.15) is 32.6 Å². The van der Waals surface area contributed by atoms with Gasteiger partial charge in [-0.05, 0) is 37.7 Å². The van der Waals surface area contributed by atoms with Crippen LogP contribution in [0.5, 0.6) is 0 Å². The zero-order valence-electron chi connectivity index (χ0n) is 11.6. The average molecular weight is 273 g/mol. The van der Waals surface area contributed by atoms with Crippen molar-refractivity contribution in [3.05, 3.63) is 23.9 Å². The molecule has 0 radical (unpaired) electrons. The zero-order valence-corrected chi connectivity index (χ0v) is 11.6. The molecule has 0 unspecified atom stereocenters. The summed E-state index contributed by atoms with van der Waals surface area (Å²) in [6, 6.07) is 0. The van der Waals surface area contributed by atoms with Crippen LogP contribution in [0.15, 0.2) is 23.9 Å². The van der Waals surface area contributed by atoms with Crippen LogP contribution in [-0.4, -0.2) is 39.3 Å². The number of hydrogen-bond acceptors (Lipinski definition) is 4. The first-order valence-corrected chi connectivity index (χ1v) is 7.47. The molecule has 2 saturated carbocycles. The van der Waals surface area contributed by atoms with E-state index in [1.807, 2.05) is 12.3 Å². The fourth-order valence-electron chi connectivity index (χ4n) is 5.07. The van der Waals surface area contributed by atoms with E-state index < -0.39 is 17.1 Å². The third-order valence-electron chi connectivity index (χ3n) is 5.78. The zero-order chi connectivity index (χ0) is 14.1. The molecule has 0 aromatic heterocycles. The van der Waals surface area contributed by atoms with Crippen LogP contribution in [-0.2, 0) is 9.59 Å². The molecule has 0 aromatic rings. The highest BCUT2D eigenvalue weighted by Crippen LogP contribution is 2.59. The van der Waals surface area contributed by atoms with Crippen molar-refractivity contribution in [1.29, 1.82) is 0 Å². The molecule has 4 heteroatoms. The molecule has 4 atom stereocenters. The standard InChI is InChI=1S/C16H19NO3/c1-10-8-12-14(19)13(18)11-4-2-6-17-7-3-5-16(12,20)15(11,17)9-10/h2,4,6,10,12,20H,3,5,7-9H2,1H3/t10-,12+,15+,16+/m1/s1. The minimum absolute atomic E-state index is 0.341. The summed E-state index contributed by atoms with van der Waals surface area (Å²) in [7, 11) is 0. The summed E-state index contributed by atoms with van der Waals surface area (Å²) < 4.78 is 0. The lowest BCUT2D eigenvalue weighted by Crippen LogP contribution is -2.77. The minimum Gasteiger partial charge on any atom is -0.386 e. The van der Waals surface area contributed by atoms with E-state index in [0.717, 1.165) is 19.4 Å². The Morgan fingerprint density at radius 2 is 2.20 bits per heavy atom. The topological polar surface area (TPSA) is 57.6 Å². The van der Waals surface area contributed by atoms with Crippen LogP contribution in [0.4, 0.5) is 0 Å². The highest BCUT2D eigenvalue weighted by atomic mass is 16.3. The SMILES string of the molecule is C[C@@H]1C[C@H]2C(=O)C(=O)C3=CC=CN4CCC[C@@]2(O)[C@]34C1. The van der Waals surface area contributed by atoms with Crippen molar-refractivity contribution in [1.82, 2.24) is 4.90 Å². The molecule has 106 valence electrons. The smallest absolute Gasteiger partial charge is 0.227 e. The van der Waals surface area contributed by atoms with Crippen LogP contribution in [0, 0.1) is 11.8 Å². The quantitative estimate of drug-likeness (QED) is 0.674. The van der Waals surface area contributed by atoms with E-state index in [-0.39, 0.29) is 11.6 Å². The predicted molar refractivity (Wildman–Crippen MR) is 72.7 cm³/mol. The predicted octanol–water partition coefficient (Wildman–Crippen LogP) is 1.20. The Labute approximate surface area is 118 Å².